The highest BCUT2D eigenvalue weighted by atomic mass is 16.7. The van der Waals surface area contributed by atoms with E-state index in [9.17, 15) is 20.1 Å². The predicted molar refractivity (Wildman–Crippen MR) is 51.1 cm³/mol. The number of carbonyl (C=O) groups excluding carboxylic acids is 1. The molecule has 0 fully saturated rings. The quantitative estimate of drug-likeness (QED) is 0.187. The topological polar surface area (TPSA) is 139 Å². The van der Waals surface area contributed by atoms with E-state index in [0.717, 1.165) is 0 Å². The number of aliphatic hydroxyl groups is 5. The van der Waals surface area contributed by atoms with E-state index in [2.05, 4.69) is 10.3 Å². The van der Waals surface area contributed by atoms with Crippen LogP contribution in [-0.4, -0.2) is 76.0 Å². The lowest BCUT2D eigenvalue weighted by Gasteiger charge is -2.28. The van der Waals surface area contributed by atoms with Crippen molar-refractivity contribution in [2.75, 3.05) is 13.7 Å². The van der Waals surface area contributed by atoms with Gasteiger partial charge in [0.15, 0.2) is 6.29 Å². The molecule has 5 atom stereocenters. The minimum Gasteiger partial charge on any atom is -0.393 e. The third kappa shape index (κ3) is 4.10. The van der Waals surface area contributed by atoms with Gasteiger partial charge in [-0.05, 0) is 0 Å². The molecule has 0 aliphatic heterocycles. The van der Waals surface area contributed by atoms with Crippen molar-refractivity contribution in [1.29, 1.82) is 0 Å². The second-order valence-electron chi connectivity index (χ2n) is 3.14. The molecule has 0 heterocycles. The molecular formula is C8H17NO7. The van der Waals surface area contributed by atoms with Gasteiger partial charge in [-0.2, -0.15) is 0 Å². The molecule has 96 valence electrons. The van der Waals surface area contributed by atoms with Crippen LogP contribution in [0.3, 0.4) is 0 Å². The zero-order chi connectivity index (χ0) is 12.7. The van der Waals surface area contributed by atoms with Gasteiger partial charge in [-0.3, -0.25) is 4.84 Å². The van der Waals surface area contributed by atoms with Gasteiger partial charge < -0.3 is 30.3 Å². The Morgan fingerprint density at radius 2 is 1.75 bits per heavy atom. The Hall–Kier alpha value is -0.610. The van der Waals surface area contributed by atoms with Gasteiger partial charge in [0.05, 0.1) is 6.61 Å². The van der Waals surface area contributed by atoms with Crippen LogP contribution in [-0.2, 0) is 9.63 Å². The summed E-state index contributed by atoms with van der Waals surface area (Å²) in [5.41, 5.74) is 2.19. The van der Waals surface area contributed by atoms with Crippen LogP contribution in [0.4, 0.5) is 0 Å². The summed E-state index contributed by atoms with van der Waals surface area (Å²) in [6, 6.07) is 0. The second-order valence-corrected chi connectivity index (χ2v) is 3.14. The third-order valence-corrected chi connectivity index (χ3v) is 2.02. The highest BCUT2D eigenvalue weighted by Gasteiger charge is 2.35. The molecule has 0 aromatic heterocycles. The number of aliphatic hydroxyl groups excluding tert-OH is 5. The molecule has 0 rings (SSSR count). The maximum absolute atomic E-state index is 10.1. The Balaban J connectivity index is 4.44. The largest absolute Gasteiger partial charge is 0.393 e. The molecule has 8 heteroatoms. The predicted octanol–water partition coefficient (Wildman–Crippen LogP) is -3.86. The minimum absolute atomic E-state index is 0.0213. The molecule has 0 saturated heterocycles. The van der Waals surface area contributed by atoms with Gasteiger partial charge in [0.25, 0.3) is 0 Å². The van der Waals surface area contributed by atoms with E-state index in [0.29, 0.717) is 0 Å². The van der Waals surface area contributed by atoms with E-state index in [-0.39, 0.29) is 6.29 Å². The standard InChI is InChI=1S/C8H17NO7/c1-9-16-5(3-11)7(14)8(15)6(13)4(12)2-10/h2,4-9,11-15H,3H2,1H3. The van der Waals surface area contributed by atoms with E-state index < -0.39 is 37.1 Å². The Morgan fingerprint density at radius 1 is 1.19 bits per heavy atom. The lowest BCUT2D eigenvalue weighted by atomic mass is 10.00. The lowest BCUT2D eigenvalue weighted by Crippen LogP contribution is -2.51. The SMILES string of the molecule is CNOC(CO)C(O)C(O)C(O)C(O)C=O. The molecule has 0 spiro atoms. The van der Waals surface area contributed by atoms with E-state index in [1.807, 2.05) is 0 Å². The molecule has 0 aromatic rings. The summed E-state index contributed by atoms with van der Waals surface area (Å²) < 4.78 is 0. The number of rotatable bonds is 8. The van der Waals surface area contributed by atoms with Gasteiger partial charge >= 0.3 is 0 Å². The first-order chi connectivity index (χ1) is 7.49. The van der Waals surface area contributed by atoms with Crippen LogP contribution < -0.4 is 5.48 Å². The molecule has 0 amide bonds. The number of nitrogens with one attached hydrogen (secondary N) is 1. The zero-order valence-electron chi connectivity index (χ0n) is 8.72. The molecule has 5 unspecified atom stereocenters. The van der Waals surface area contributed by atoms with Crippen molar-refractivity contribution in [3.63, 3.8) is 0 Å². The number of aldehydes is 1. The summed E-state index contributed by atoms with van der Waals surface area (Å²) >= 11 is 0. The van der Waals surface area contributed by atoms with Crippen molar-refractivity contribution in [3.05, 3.63) is 0 Å². The average Bonchev–Trinajstić information content (AvgIpc) is 2.32. The Bertz CT molecular complexity index is 203. The first kappa shape index (κ1) is 15.4. The molecule has 16 heavy (non-hydrogen) atoms. The molecule has 0 aromatic carbocycles. The summed E-state index contributed by atoms with van der Waals surface area (Å²) in [6.45, 7) is -0.622. The fourth-order valence-corrected chi connectivity index (χ4v) is 1.07. The number of hydrogen-bond donors (Lipinski definition) is 6. The molecule has 0 aliphatic rings. The van der Waals surface area contributed by atoms with Crippen molar-refractivity contribution in [3.8, 4) is 0 Å². The minimum atomic E-state index is -1.86. The van der Waals surface area contributed by atoms with Crippen LogP contribution >= 0.6 is 0 Å². The smallest absolute Gasteiger partial charge is 0.151 e. The summed E-state index contributed by atoms with van der Waals surface area (Å²) in [5.74, 6) is 0. The molecule has 0 bridgehead atoms. The lowest BCUT2D eigenvalue weighted by molar-refractivity contribution is -0.168. The molecule has 6 N–H and O–H groups in total. The van der Waals surface area contributed by atoms with Crippen LogP contribution in [0.1, 0.15) is 0 Å². The van der Waals surface area contributed by atoms with E-state index >= 15 is 0 Å². The summed E-state index contributed by atoms with van der Waals surface area (Å²) in [4.78, 5) is 14.8. The maximum atomic E-state index is 10.1. The van der Waals surface area contributed by atoms with Crippen molar-refractivity contribution in [2.45, 2.75) is 30.5 Å². The van der Waals surface area contributed by atoms with Crippen LogP contribution in [0.15, 0.2) is 0 Å². The Morgan fingerprint density at radius 3 is 2.12 bits per heavy atom. The van der Waals surface area contributed by atoms with Gasteiger partial charge in [-0.25, -0.2) is 5.48 Å². The normalized spacial score (nSPS) is 20.9. The molecule has 0 aliphatic carbocycles. The van der Waals surface area contributed by atoms with Crippen molar-refractivity contribution in [1.82, 2.24) is 5.48 Å². The van der Waals surface area contributed by atoms with Crippen LogP contribution in [0, 0.1) is 0 Å². The van der Waals surface area contributed by atoms with Crippen LogP contribution in [0.5, 0.6) is 0 Å². The van der Waals surface area contributed by atoms with E-state index in [1.165, 1.54) is 7.05 Å². The second kappa shape index (κ2) is 7.63. The molecule has 0 radical (unpaired) electrons. The van der Waals surface area contributed by atoms with Crippen LogP contribution in [0.25, 0.3) is 0 Å². The number of hydrogen-bond acceptors (Lipinski definition) is 8. The van der Waals surface area contributed by atoms with Crippen molar-refractivity contribution in [2.24, 2.45) is 0 Å². The first-order valence-electron chi connectivity index (χ1n) is 4.60. The van der Waals surface area contributed by atoms with Crippen LogP contribution in [0.2, 0.25) is 0 Å². The van der Waals surface area contributed by atoms with Crippen molar-refractivity contribution < 1.29 is 35.2 Å². The maximum Gasteiger partial charge on any atom is 0.151 e. The fraction of sp³-hybridized carbons (Fsp3) is 0.875. The van der Waals surface area contributed by atoms with Crippen molar-refractivity contribution >= 4 is 6.29 Å². The van der Waals surface area contributed by atoms with Gasteiger partial charge in [0.1, 0.15) is 30.5 Å². The zero-order valence-corrected chi connectivity index (χ0v) is 8.72. The molecule has 0 saturated carbocycles. The number of carbonyl (C=O) groups is 1. The Kier molecular flexibility index (Phi) is 7.34. The fourth-order valence-electron chi connectivity index (χ4n) is 1.07. The van der Waals surface area contributed by atoms with Gasteiger partial charge in [-0.15, -0.1) is 0 Å². The third-order valence-electron chi connectivity index (χ3n) is 2.02. The highest BCUT2D eigenvalue weighted by Crippen LogP contribution is 2.09. The Labute approximate surface area is 92.0 Å². The average molecular weight is 239 g/mol. The molecular weight excluding hydrogens is 222 g/mol. The molecule has 8 nitrogen and oxygen atoms in total. The van der Waals surface area contributed by atoms with Gasteiger partial charge in [-0.1, -0.05) is 0 Å². The van der Waals surface area contributed by atoms with Gasteiger partial charge in [0, 0.05) is 7.05 Å². The summed E-state index contributed by atoms with van der Waals surface area (Å²) in [6.07, 6.45) is -8.35. The number of hydroxylamine groups is 1. The summed E-state index contributed by atoms with van der Waals surface area (Å²) in [5, 5.41) is 45.8. The van der Waals surface area contributed by atoms with E-state index in [4.69, 9.17) is 10.2 Å². The summed E-state index contributed by atoms with van der Waals surface area (Å²) in [7, 11) is 1.37. The monoisotopic (exact) mass is 239 g/mol. The first-order valence-corrected chi connectivity index (χ1v) is 4.60. The van der Waals surface area contributed by atoms with E-state index in [1.54, 1.807) is 0 Å². The highest BCUT2D eigenvalue weighted by molar-refractivity contribution is 5.56. The van der Waals surface area contributed by atoms with Gasteiger partial charge in [0.2, 0.25) is 0 Å².